The second-order valence-corrected chi connectivity index (χ2v) is 7.62. The highest BCUT2D eigenvalue weighted by Crippen LogP contribution is 2.33. The first kappa shape index (κ1) is 18.8. The quantitative estimate of drug-likeness (QED) is 0.661. The molecular weight excluding hydrogens is 381 g/mol. The Morgan fingerprint density at radius 2 is 1.63 bits per heavy atom. The molecule has 27 heavy (non-hydrogen) atoms. The number of halogens is 3. The number of nitrogens with zero attached hydrogens (tertiary/aromatic N) is 2. The van der Waals surface area contributed by atoms with Crippen molar-refractivity contribution in [3.8, 4) is 16.9 Å². The Bertz CT molecular complexity index is 1060. The molecule has 0 aliphatic heterocycles. The van der Waals surface area contributed by atoms with E-state index in [-0.39, 0.29) is 5.69 Å². The molecule has 0 atom stereocenters. The van der Waals surface area contributed by atoms with E-state index < -0.39 is 21.9 Å². The highest BCUT2D eigenvalue weighted by atomic mass is 32.2. The zero-order valence-electron chi connectivity index (χ0n) is 14.0. The second-order valence-electron chi connectivity index (χ2n) is 5.87. The second kappa shape index (κ2) is 6.62. The van der Waals surface area contributed by atoms with E-state index in [1.165, 1.54) is 24.3 Å². The molecule has 0 fully saturated rings. The van der Waals surface area contributed by atoms with Crippen LogP contribution >= 0.6 is 0 Å². The Morgan fingerprint density at radius 1 is 1.04 bits per heavy atom. The molecule has 1 heterocycles. The number of sulfonamides is 1. The highest BCUT2D eigenvalue weighted by molar-refractivity contribution is 7.92. The van der Waals surface area contributed by atoms with Crippen molar-refractivity contribution in [1.29, 1.82) is 0 Å². The van der Waals surface area contributed by atoms with Gasteiger partial charge in [-0.15, -0.1) is 0 Å². The van der Waals surface area contributed by atoms with Gasteiger partial charge in [0.2, 0.25) is 10.0 Å². The Labute approximate surface area is 153 Å². The lowest BCUT2D eigenvalue weighted by atomic mass is 10.1. The fourth-order valence-corrected chi connectivity index (χ4v) is 3.02. The van der Waals surface area contributed by atoms with Crippen LogP contribution in [0.5, 0.6) is 0 Å². The standard InChI is InChI=1S/C17H15F3N4O2S/c1-27(25,26)23-13-6-8-14(9-7-13)24-15(10-16(22-24)17(18,19)20)11-2-4-12(21)5-3-11/h2-10,23H,21H2,1H3. The number of anilines is 2. The van der Waals surface area contributed by atoms with E-state index in [4.69, 9.17) is 5.73 Å². The summed E-state index contributed by atoms with van der Waals surface area (Å²) in [7, 11) is -3.46. The monoisotopic (exact) mass is 396 g/mol. The van der Waals surface area contributed by atoms with Crippen molar-refractivity contribution in [1.82, 2.24) is 9.78 Å². The summed E-state index contributed by atoms with van der Waals surface area (Å²) in [6.45, 7) is 0. The summed E-state index contributed by atoms with van der Waals surface area (Å²) in [4.78, 5) is 0. The minimum atomic E-state index is -4.61. The zero-order valence-corrected chi connectivity index (χ0v) is 14.8. The van der Waals surface area contributed by atoms with Crippen LogP contribution in [-0.2, 0) is 16.2 Å². The number of rotatable bonds is 4. The van der Waals surface area contributed by atoms with E-state index in [1.54, 1.807) is 24.3 Å². The van der Waals surface area contributed by atoms with Gasteiger partial charge >= 0.3 is 6.18 Å². The minimum Gasteiger partial charge on any atom is -0.399 e. The molecule has 3 N–H and O–H groups in total. The molecule has 0 aliphatic carbocycles. The summed E-state index contributed by atoms with van der Waals surface area (Å²) in [5.74, 6) is 0. The molecule has 2 aromatic carbocycles. The van der Waals surface area contributed by atoms with Gasteiger partial charge in [-0.3, -0.25) is 4.72 Å². The van der Waals surface area contributed by atoms with Gasteiger partial charge in [-0.05, 0) is 42.5 Å². The number of nitrogens with one attached hydrogen (secondary N) is 1. The Hall–Kier alpha value is -3.01. The van der Waals surface area contributed by atoms with Gasteiger partial charge in [0, 0.05) is 16.9 Å². The number of hydrogen-bond donors (Lipinski definition) is 2. The van der Waals surface area contributed by atoms with Crippen LogP contribution in [0, 0.1) is 0 Å². The van der Waals surface area contributed by atoms with Crippen molar-refractivity contribution in [2.24, 2.45) is 0 Å². The van der Waals surface area contributed by atoms with Crippen molar-refractivity contribution < 1.29 is 21.6 Å². The number of benzene rings is 2. The van der Waals surface area contributed by atoms with Crippen molar-refractivity contribution in [2.75, 3.05) is 16.7 Å². The minimum absolute atomic E-state index is 0.228. The third kappa shape index (κ3) is 4.40. The van der Waals surface area contributed by atoms with E-state index in [9.17, 15) is 21.6 Å². The van der Waals surface area contributed by atoms with E-state index in [1.807, 2.05) is 0 Å². The first-order chi connectivity index (χ1) is 12.5. The molecule has 3 aromatic rings. The van der Waals surface area contributed by atoms with Gasteiger partial charge in [-0.1, -0.05) is 12.1 Å². The van der Waals surface area contributed by atoms with Gasteiger partial charge in [0.15, 0.2) is 5.69 Å². The summed E-state index contributed by atoms with van der Waals surface area (Å²) in [6.07, 6.45) is -3.60. The van der Waals surface area contributed by atoms with Gasteiger partial charge in [-0.25, -0.2) is 13.1 Å². The third-order valence-corrected chi connectivity index (χ3v) is 4.23. The van der Waals surface area contributed by atoms with Gasteiger partial charge < -0.3 is 5.73 Å². The molecule has 0 saturated carbocycles. The van der Waals surface area contributed by atoms with Crippen molar-refractivity contribution >= 4 is 21.4 Å². The van der Waals surface area contributed by atoms with Crippen LogP contribution in [0.15, 0.2) is 54.6 Å². The molecule has 10 heteroatoms. The zero-order chi connectivity index (χ0) is 19.8. The fraction of sp³-hybridized carbons (Fsp3) is 0.118. The maximum absolute atomic E-state index is 13.2. The van der Waals surface area contributed by atoms with Gasteiger partial charge in [0.05, 0.1) is 17.6 Å². The van der Waals surface area contributed by atoms with Gasteiger partial charge in [-0.2, -0.15) is 18.3 Å². The van der Waals surface area contributed by atoms with Gasteiger partial charge in [0.1, 0.15) is 0 Å². The number of aromatic nitrogens is 2. The van der Waals surface area contributed by atoms with Crippen LogP contribution in [-0.4, -0.2) is 24.5 Å². The normalized spacial score (nSPS) is 12.1. The van der Waals surface area contributed by atoms with E-state index in [0.717, 1.165) is 17.0 Å². The first-order valence-electron chi connectivity index (χ1n) is 7.64. The smallest absolute Gasteiger partial charge is 0.399 e. The third-order valence-electron chi connectivity index (χ3n) is 3.62. The topological polar surface area (TPSA) is 90.0 Å². The lowest BCUT2D eigenvalue weighted by Gasteiger charge is -2.09. The van der Waals surface area contributed by atoms with Gasteiger partial charge in [0.25, 0.3) is 0 Å². The van der Waals surface area contributed by atoms with Crippen molar-refractivity contribution in [3.63, 3.8) is 0 Å². The molecule has 0 saturated heterocycles. The Balaban J connectivity index is 2.08. The molecule has 6 nitrogen and oxygen atoms in total. The Morgan fingerprint density at radius 3 is 2.15 bits per heavy atom. The highest BCUT2D eigenvalue weighted by Gasteiger charge is 2.35. The average molecular weight is 396 g/mol. The predicted molar refractivity (Wildman–Crippen MR) is 96.9 cm³/mol. The van der Waals surface area contributed by atoms with Crippen LogP contribution in [0.3, 0.4) is 0 Å². The predicted octanol–water partition coefficient (Wildman–Crippen LogP) is 3.51. The summed E-state index contributed by atoms with van der Waals surface area (Å²) in [6, 6.07) is 13.1. The van der Waals surface area contributed by atoms with E-state index in [0.29, 0.717) is 22.6 Å². The van der Waals surface area contributed by atoms with Crippen LogP contribution in [0.2, 0.25) is 0 Å². The molecule has 0 unspecified atom stereocenters. The number of hydrogen-bond acceptors (Lipinski definition) is 4. The average Bonchev–Trinajstić information content (AvgIpc) is 3.00. The molecule has 1 aromatic heterocycles. The molecule has 0 amide bonds. The number of nitrogens with two attached hydrogens (primary N) is 1. The Kier molecular flexibility index (Phi) is 4.60. The maximum Gasteiger partial charge on any atom is 0.435 e. The van der Waals surface area contributed by atoms with E-state index in [2.05, 4.69) is 9.82 Å². The molecule has 142 valence electrons. The molecule has 0 aliphatic rings. The summed E-state index contributed by atoms with van der Waals surface area (Å²) >= 11 is 0. The molecule has 3 rings (SSSR count). The number of alkyl halides is 3. The van der Waals surface area contributed by atoms with E-state index >= 15 is 0 Å². The van der Waals surface area contributed by atoms with Crippen molar-refractivity contribution in [3.05, 3.63) is 60.3 Å². The molecule has 0 spiro atoms. The number of nitrogen functional groups attached to an aromatic ring is 1. The SMILES string of the molecule is CS(=O)(=O)Nc1ccc(-n2nc(C(F)(F)F)cc2-c2ccc(N)cc2)cc1. The molecule has 0 bridgehead atoms. The van der Waals surface area contributed by atoms with Crippen LogP contribution in [0.25, 0.3) is 16.9 Å². The fourth-order valence-electron chi connectivity index (χ4n) is 2.46. The largest absolute Gasteiger partial charge is 0.435 e. The lowest BCUT2D eigenvalue weighted by molar-refractivity contribution is -0.141. The van der Waals surface area contributed by atoms with Crippen molar-refractivity contribution in [2.45, 2.75) is 6.18 Å². The maximum atomic E-state index is 13.2. The van der Waals surface area contributed by atoms with Crippen LogP contribution in [0.4, 0.5) is 24.5 Å². The molecule has 0 radical (unpaired) electrons. The van der Waals surface area contributed by atoms with Crippen LogP contribution in [0.1, 0.15) is 5.69 Å². The van der Waals surface area contributed by atoms with Crippen LogP contribution < -0.4 is 10.5 Å². The lowest BCUT2D eigenvalue weighted by Crippen LogP contribution is -2.10. The molecular formula is C17H15F3N4O2S. The summed E-state index contributed by atoms with van der Waals surface area (Å²) in [5, 5.41) is 3.68. The summed E-state index contributed by atoms with van der Waals surface area (Å²) in [5.41, 5.74) is 6.45. The summed E-state index contributed by atoms with van der Waals surface area (Å²) < 4.78 is 65.4. The first-order valence-corrected chi connectivity index (χ1v) is 9.53.